The lowest BCUT2D eigenvalue weighted by atomic mass is 9.58. The summed E-state index contributed by atoms with van der Waals surface area (Å²) in [6, 6.07) is 9.67. The smallest absolute Gasteiger partial charge is 0.330 e. The molecular formula is C33H48O8. The molecule has 0 aliphatic rings. The average Bonchev–Trinajstić information content (AvgIpc) is 2.85. The Labute approximate surface area is 245 Å². The van der Waals surface area contributed by atoms with E-state index in [2.05, 4.69) is 0 Å². The fourth-order valence-electron chi connectivity index (χ4n) is 4.64. The Morgan fingerprint density at radius 2 is 1.22 bits per heavy atom. The Balaban J connectivity index is 2.86. The van der Waals surface area contributed by atoms with Gasteiger partial charge in [-0.3, -0.25) is 14.4 Å². The van der Waals surface area contributed by atoms with Gasteiger partial charge in [0, 0.05) is 13.0 Å². The number of rotatable bonds is 14. The first kappa shape index (κ1) is 35.6. The standard InChI is InChI=1S/C33H48O8/c1-25(34)38-19-21-40-28(36)32(8,23-30(2,3)4)24-33(9,31(5,6)7)29(37)41-22-20-39-27(35)18-14-13-17-26-15-11-10-12-16-26/h10-18H,19-24H2,1-9H3. The van der Waals surface area contributed by atoms with E-state index in [-0.39, 0.29) is 38.3 Å². The number of benzene rings is 1. The SMILES string of the molecule is CC(=O)OCCOC(=O)C(C)(CC(C)(C)C)CC(C)(C(=O)OCCOC(=O)C=CC=Cc1ccccc1)C(C)(C)C. The Bertz CT molecular complexity index is 1070. The Morgan fingerprint density at radius 1 is 0.683 bits per heavy atom. The van der Waals surface area contributed by atoms with Crippen LogP contribution in [0.5, 0.6) is 0 Å². The van der Waals surface area contributed by atoms with Gasteiger partial charge in [-0.15, -0.1) is 0 Å². The minimum atomic E-state index is -1.08. The molecule has 228 valence electrons. The van der Waals surface area contributed by atoms with Gasteiger partial charge in [0.1, 0.15) is 26.4 Å². The largest absolute Gasteiger partial charge is 0.462 e. The van der Waals surface area contributed by atoms with Gasteiger partial charge in [0.25, 0.3) is 0 Å². The molecule has 0 saturated carbocycles. The Hall–Kier alpha value is -3.42. The van der Waals surface area contributed by atoms with E-state index in [1.165, 1.54) is 13.0 Å². The number of ether oxygens (including phenoxy) is 4. The first-order chi connectivity index (χ1) is 18.9. The maximum Gasteiger partial charge on any atom is 0.330 e. The van der Waals surface area contributed by atoms with Crippen LogP contribution in [0.4, 0.5) is 0 Å². The molecule has 2 unspecified atom stereocenters. The number of carbonyl (C=O) groups is 4. The third kappa shape index (κ3) is 12.7. The van der Waals surface area contributed by atoms with Gasteiger partial charge in [-0.05, 0) is 43.1 Å². The highest BCUT2D eigenvalue weighted by Gasteiger charge is 2.53. The van der Waals surface area contributed by atoms with Crippen LogP contribution >= 0.6 is 0 Å². The van der Waals surface area contributed by atoms with Crippen LogP contribution in [0.2, 0.25) is 0 Å². The first-order valence-electron chi connectivity index (χ1n) is 13.9. The summed E-state index contributed by atoms with van der Waals surface area (Å²) >= 11 is 0. The fraction of sp³-hybridized carbons (Fsp3) is 0.576. The lowest BCUT2D eigenvalue weighted by molar-refractivity contribution is -0.175. The van der Waals surface area contributed by atoms with E-state index < -0.39 is 40.1 Å². The lowest BCUT2D eigenvalue weighted by Crippen LogP contribution is -2.48. The van der Waals surface area contributed by atoms with E-state index in [9.17, 15) is 19.2 Å². The molecule has 0 aliphatic carbocycles. The van der Waals surface area contributed by atoms with Crippen LogP contribution in [-0.2, 0) is 38.1 Å². The minimum absolute atomic E-state index is 0.0392. The monoisotopic (exact) mass is 572 g/mol. The van der Waals surface area contributed by atoms with Crippen LogP contribution in [0.3, 0.4) is 0 Å². The van der Waals surface area contributed by atoms with Crippen molar-refractivity contribution in [2.75, 3.05) is 26.4 Å². The molecule has 2 atom stereocenters. The molecule has 0 spiro atoms. The van der Waals surface area contributed by atoms with Crippen molar-refractivity contribution in [1.82, 2.24) is 0 Å². The Kier molecular flexibility index (Phi) is 13.5. The molecule has 0 saturated heterocycles. The summed E-state index contributed by atoms with van der Waals surface area (Å²) in [5.74, 6) is -1.96. The highest BCUT2D eigenvalue weighted by Crippen LogP contribution is 2.51. The molecule has 41 heavy (non-hydrogen) atoms. The van der Waals surface area contributed by atoms with Crippen molar-refractivity contribution in [1.29, 1.82) is 0 Å². The van der Waals surface area contributed by atoms with Gasteiger partial charge in [0.2, 0.25) is 0 Å². The van der Waals surface area contributed by atoms with Gasteiger partial charge in [0.05, 0.1) is 10.8 Å². The van der Waals surface area contributed by atoms with Crippen molar-refractivity contribution in [2.24, 2.45) is 21.7 Å². The van der Waals surface area contributed by atoms with Crippen LogP contribution in [0.1, 0.15) is 80.7 Å². The van der Waals surface area contributed by atoms with Gasteiger partial charge < -0.3 is 18.9 Å². The van der Waals surface area contributed by atoms with E-state index in [4.69, 9.17) is 18.9 Å². The predicted octanol–water partition coefficient (Wildman–Crippen LogP) is 6.33. The molecule has 8 nitrogen and oxygen atoms in total. The summed E-state index contributed by atoms with van der Waals surface area (Å²) in [5, 5.41) is 0. The molecule has 1 rings (SSSR count). The minimum Gasteiger partial charge on any atom is -0.462 e. The highest BCUT2D eigenvalue weighted by molar-refractivity contribution is 5.83. The maximum atomic E-state index is 13.5. The third-order valence-corrected chi connectivity index (χ3v) is 6.88. The number of hydrogen-bond acceptors (Lipinski definition) is 8. The zero-order valence-electron chi connectivity index (χ0n) is 26.2. The van der Waals surface area contributed by atoms with Crippen molar-refractivity contribution in [3.05, 3.63) is 54.1 Å². The molecule has 0 fully saturated rings. The van der Waals surface area contributed by atoms with Crippen LogP contribution in [0.15, 0.2) is 48.6 Å². The average molecular weight is 573 g/mol. The summed E-state index contributed by atoms with van der Waals surface area (Å²) in [6.07, 6.45) is 7.10. The van der Waals surface area contributed by atoms with Crippen molar-refractivity contribution >= 4 is 30.0 Å². The maximum absolute atomic E-state index is 13.5. The zero-order chi connectivity index (χ0) is 31.3. The molecule has 1 aromatic carbocycles. The summed E-state index contributed by atoms with van der Waals surface area (Å²) < 4.78 is 21.1. The second-order valence-electron chi connectivity index (χ2n) is 13.0. The van der Waals surface area contributed by atoms with Gasteiger partial charge >= 0.3 is 23.9 Å². The van der Waals surface area contributed by atoms with Crippen LogP contribution < -0.4 is 0 Å². The summed E-state index contributed by atoms with van der Waals surface area (Å²) in [5.41, 5.74) is -1.92. The third-order valence-electron chi connectivity index (χ3n) is 6.88. The number of carbonyl (C=O) groups excluding carboxylic acids is 4. The lowest BCUT2D eigenvalue weighted by Gasteiger charge is -2.45. The molecule has 0 bridgehead atoms. The van der Waals surface area contributed by atoms with Gasteiger partial charge in [-0.2, -0.15) is 0 Å². The molecule has 0 N–H and O–H groups in total. The van der Waals surface area contributed by atoms with E-state index >= 15 is 0 Å². The molecule has 0 radical (unpaired) electrons. The molecule has 0 aromatic heterocycles. The highest BCUT2D eigenvalue weighted by atomic mass is 16.6. The second kappa shape index (κ2) is 15.5. The molecule has 0 amide bonds. The summed E-state index contributed by atoms with van der Waals surface area (Å²) in [4.78, 5) is 49.9. The Morgan fingerprint density at radius 3 is 1.76 bits per heavy atom. The van der Waals surface area contributed by atoms with Gasteiger partial charge in [0.15, 0.2) is 0 Å². The first-order valence-corrected chi connectivity index (χ1v) is 13.9. The van der Waals surface area contributed by atoms with E-state index in [0.717, 1.165) is 5.56 Å². The zero-order valence-corrected chi connectivity index (χ0v) is 26.2. The van der Waals surface area contributed by atoms with Crippen LogP contribution in [-0.4, -0.2) is 50.3 Å². The summed E-state index contributed by atoms with van der Waals surface area (Å²) in [6.45, 7) is 16.4. The molecule has 0 aliphatic heterocycles. The molecule has 1 aromatic rings. The second-order valence-corrected chi connectivity index (χ2v) is 13.0. The van der Waals surface area contributed by atoms with Crippen molar-refractivity contribution in [2.45, 2.75) is 75.2 Å². The topological polar surface area (TPSA) is 105 Å². The predicted molar refractivity (Wildman–Crippen MR) is 158 cm³/mol. The fourth-order valence-corrected chi connectivity index (χ4v) is 4.64. The van der Waals surface area contributed by atoms with E-state index in [1.807, 2.05) is 78.0 Å². The van der Waals surface area contributed by atoms with Crippen LogP contribution in [0.25, 0.3) is 6.08 Å². The molecular weight excluding hydrogens is 524 g/mol. The summed E-state index contributed by atoms with van der Waals surface area (Å²) in [7, 11) is 0. The van der Waals surface area contributed by atoms with E-state index in [0.29, 0.717) is 6.42 Å². The van der Waals surface area contributed by atoms with Crippen molar-refractivity contribution in [3.8, 4) is 0 Å². The molecule has 0 heterocycles. The van der Waals surface area contributed by atoms with Crippen LogP contribution in [0, 0.1) is 21.7 Å². The van der Waals surface area contributed by atoms with Gasteiger partial charge in [-0.25, -0.2) is 4.79 Å². The number of esters is 4. The van der Waals surface area contributed by atoms with Gasteiger partial charge in [-0.1, -0.05) is 90.1 Å². The van der Waals surface area contributed by atoms with Crippen molar-refractivity contribution in [3.63, 3.8) is 0 Å². The van der Waals surface area contributed by atoms with E-state index in [1.54, 1.807) is 26.0 Å². The number of allylic oxidation sites excluding steroid dienone is 2. The number of hydrogen-bond donors (Lipinski definition) is 0. The van der Waals surface area contributed by atoms with Crippen molar-refractivity contribution < 1.29 is 38.1 Å². The normalized spacial score (nSPS) is 15.1. The quantitative estimate of drug-likeness (QED) is 0.0837. The molecule has 8 heteroatoms.